The summed E-state index contributed by atoms with van der Waals surface area (Å²) in [5.74, 6) is 0. The molecular weight excluding hydrogens is 174 g/mol. The topological polar surface area (TPSA) is 22.1 Å². The van der Waals surface area contributed by atoms with Crippen LogP contribution < -0.4 is 0 Å². The number of ether oxygens (including phenoxy) is 1. The summed E-state index contributed by atoms with van der Waals surface area (Å²) in [6.45, 7) is 10.6. The Balaban J connectivity index is 0. The quantitative estimate of drug-likeness (QED) is 0.723. The van der Waals surface area contributed by atoms with Crippen molar-refractivity contribution in [1.82, 2.24) is 4.98 Å². The van der Waals surface area contributed by atoms with Gasteiger partial charge in [0.2, 0.25) is 0 Å². The number of pyridine rings is 1. The Morgan fingerprint density at radius 1 is 1.14 bits per heavy atom. The van der Waals surface area contributed by atoms with E-state index in [1.165, 1.54) is 0 Å². The summed E-state index contributed by atoms with van der Waals surface area (Å²) in [7, 11) is 1.67. The lowest BCUT2D eigenvalue weighted by Gasteiger charge is -1.97. The SMILES string of the molecule is CC.CC.COCc1cccc(C)n1. The predicted octanol–water partition coefficient (Wildman–Crippen LogP) is 3.59. The van der Waals surface area contributed by atoms with Gasteiger partial charge in [-0.15, -0.1) is 0 Å². The van der Waals surface area contributed by atoms with E-state index in [1.807, 2.05) is 52.8 Å². The van der Waals surface area contributed by atoms with Gasteiger partial charge >= 0.3 is 0 Å². The van der Waals surface area contributed by atoms with Crippen LogP contribution in [0.1, 0.15) is 39.1 Å². The maximum absolute atomic E-state index is 4.92. The molecule has 1 aromatic rings. The van der Waals surface area contributed by atoms with Crippen molar-refractivity contribution < 1.29 is 4.74 Å². The number of rotatable bonds is 2. The van der Waals surface area contributed by atoms with Crippen LogP contribution in [0.25, 0.3) is 0 Å². The standard InChI is InChI=1S/C8H11NO.2C2H6/c1-7-4-3-5-8(9-7)6-10-2;2*1-2/h3-5H,6H2,1-2H3;2*1-2H3. The summed E-state index contributed by atoms with van der Waals surface area (Å²) in [4.78, 5) is 4.24. The average molecular weight is 197 g/mol. The van der Waals surface area contributed by atoms with Crippen molar-refractivity contribution >= 4 is 0 Å². The fourth-order valence-electron chi connectivity index (χ4n) is 0.828. The first-order chi connectivity index (χ1) is 6.83. The molecule has 2 heteroatoms. The largest absolute Gasteiger partial charge is 0.378 e. The van der Waals surface area contributed by atoms with Crippen LogP contribution in [0.3, 0.4) is 0 Å². The van der Waals surface area contributed by atoms with E-state index in [1.54, 1.807) is 7.11 Å². The Bertz CT molecular complexity index is 211. The van der Waals surface area contributed by atoms with Crippen LogP contribution in [0.15, 0.2) is 18.2 Å². The summed E-state index contributed by atoms with van der Waals surface area (Å²) in [5.41, 5.74) is 2.03. The van der Waals surface area contributed by atoms with E-state index in [0.29, 0.717) is 6.61 Å². The molecule has 82 valence electrons. The van der Waals surface area contributed by atoms with Crippen LogP contribution >= 0.6 is 0 Å². The Kier molecular flexibility index (Phi) is 13.5. The van der Waals surface area contributed by atoms with Gasteiger partial charge in [-0.1, -0.05) is 33.8 Å². The second-order valence-corrected chi connectivity index (χ2v) is 2.20. The normalized spacial score (nSPS) is 7.86. The van der Waals surface area contributed by atoms with Crippen LogP contribution in [0.2, 0.25) is 0 Å². The summed E-state index contributed by atoms with van der Waals surface area (Å²) in [6.07, 6.45) is 0. The average Bonchev–Trinajstić information content (AvgIpc) is 2.24. The number of hydrogen-bond acceptors (Lipinski definition) is 2. The van der Waals surface area contributed by atoms with Gasteiger partial charge in [-0.2, -0.15) is 0 Å². The third-order valence-electron chi connectivity index (χ3n) is 1.24. The molecule has 0 aliphatic heterocycles. The van der Waals surface area contributed by atoms with Gasteiger partial charge in [0, 0.05) is 12.8 Å². The Hall–Kier alpha value is -0.890. The first kappa shape index (κ1) is 15.6. The van der Waals surface area contributed by atoms with E-state index in [4.69, 9.17) is 4.74 Å². The molecule has 1 aromatic heterocycles. The van der Waals surface area contributed by atoms with Gasteiger partial charge < -0.3 is 4.74 Å². The molecule has 0 atom stereocenters. The Morgan fingerprint density at radius 3 is 2.14 bits per heavy atom. The second kappa shape index (κ2) is 12.1. The predicted molar refractivity (Wildman–Crippen MR) is 62.4 cm³/mol. The highest BCUT2D eigenvalue weighted by atomic mass is 16.5. The van der Waals surface area contributed by atoms with Crippen molar-refractivity contribution in [2.75, 3.05) is 7.11 Å². The second-order valence-electron chi connectivity index (χ2n) is 2.20. The smallest absolute Gasteiger partial charge is 0.0884 e. The minimum absolute atomic E-state index is 0.599. The van der Waals surface area contributed by atoms with Crippen molar-refractivity contribution in [2.45, 2.75) is 41.2 Å². The van der Waals surface area contributed by atoms with Gasteiger partial charge in [0.1, 0.15) is 0 Å². The van der Waals surface area contributed by atoms with E-state index >= 15 is 0 Å². The van der Waals surface area contributed by atoms with Crippen molar-refractivity contribution in [3.63, 3.8) is 0 Å². The molecule has 0 aliphatic rings. The molecule has 0 unspecified atom stereocenters. The molecule has 0 aliphatic carbocycles. The lowest BCUT2D eigenvalue weighted by atomic mass is 10.3. The van der Waals surface area contributed by atoms with Gasteiger partial charge in [-0.05, 0) is 19.1 Å². The summed E-state index contributed by atoms with van der Waals surface area (Å²) in [6, 6.07) is 5.91. The Labute approximate surface area is 88.3 Å². The molecule has 0 amide bonds. The number of hydrogen-bond donors (Lipinski definition) is 0. The molecule has 0 fully saturated rings. The summed E-state index contributed by atoms with van der Waals surface area (Å²) in [5, 5.41) is 0. The lowest BCUT2D eigenvalue weighted by molar-refractivity contribution is 0.181. The lowest BCUT2D eigenvalue weighted by Crippen LogP contribution is -1.92. The first-order valence-electron chi connectivity index (χ1n) is 5.24. The maximum atomic E-state index is 4.92. The number of nitrogens with zero attached hydrogens (tertiary/aromatic N) is 1. The van der Waals surface area contributed by atoms with Gasteiger partial charge in [0.15, 0.2) is 0 Å². The van der Waals surface area contributed by atoms with E-state index < -0.39 is 0 Å². The van der Waals surface area contributed by atoms with Gasteiger partial charge in [-0.25, -0.2) is 0 Å². The molecule has 0 bridgehead atoms. The van der Waals surface area contributed by atoms with Crippen molar-refractivity contribution in [3.8, 4) is 0 Å². The highest BCUT2D eigenvalue weighted by Gasteiger charge is 1.90. The molecule has 1 rings (SSSR count). The van der Waals surface area contributed by atoms with Crippen LogP contribution in [0.5, 0.6) is 0 Å². The molecule has 0 N–H and O–H groups in total. The van der Waals surface area contributed by atoms with Crippen LogP contribution in [-0.2, 0) is 11.3 Å². The van der Waals surface area contributed by atoms with Crippen molar-refractivity contribution in [2.24, 2.45) is 0 Å². The van der Waals surface area contributed by atoms with Gasteiger partial charge in [0.25, 0.3) is 0 Å². The fraction of sp³-hybridized carbons (Fsp3) is 0.583. The zero-order valence-electron chi connectivity index (χ0n) is 10.3. The number of aryl methyl sites for hydroxylation is 1. The minimum atomic E-state index is 0.599. The van der Waals surface area contributed by atoms with E-state index in [0.717, 1.165) is 11.4 Å². The zero-order chi connectivity index (χ0) is 11.4. The highest BCUT2D eigenvalue weighted by molar-refractivity contribution is 5.08. The Morgan fingerprint density at radius 2 is 1.71 bits per heavy atom. The third-order valence-corrected chi connectivity index (χ3v) is 1.24. The monoisotopic (exact) mass is 197 g/mol. The van der Waals surface area contributed by atoms with E-state index in [-0.39, 0.29) is 0 Å². The summed E-state index contributed by atoms with van der Waals surface area (Å²) >= 11 is 0. The molecule has 0 saturated carbocycles. The summed E-state index contributed by atoms with van der Waals surface area (Å²) < 4.78 is 4.92. The number of methoxy groups -OCH3 is 1. The van der Waals surface area contributed by atoms with E-state index in [9.17, 15) is 0 Å². The molecule has 14 heavy (non-hydrogen) atoms. The third kappa shape index (κ3) is 7.74. The molecule has 0 radical (unpaired) electrons. The molecule has 0 spiro atoms. The fourth-order valence-corrected chi connectivity index (χ4v) is 0.828. The zero-order valence-corrected chi connectivity index (χ0v) is 10.3. The molecular formula is C12H23NO. The highest BCUT2D eigenvalue weighted by Crippen LogP contribution is 1.98. The minimum Gasteiger partial charge on any atom is -0.378 e. The van der Waals surface area contributed by atoms with Crippen LogP contribution in [0.4, 0.5) is 0 Å². The van der Waals surface area contributed by atoms with Gasteiger partial charge in [-0.3, -0.25) is 4.98 Å². The number of aromatic nitrogens is 1. The van der Waals surface area contributed by atoms with Crippen LogP contribution in [-0.4, -0.2) is 12.1 Å². The molecule has 1 heterocycles. The first-order valence-corrected chi connectivity index (χ1v) is 5.24. The molecule has 2 nitrogen and oxygen atoms in total. The van der Waals surface area contributed by atoms with Crippen molar-refractivity contribution in [1.29, 1.82) is 0 Å². The van der Waals surface area contributed by atoms with Crippen molar-refractivity contribution in [3.05, 3.63) is 29.6 Å². The van der Waals surface area contributed by atoms with Gasteiger partial charge in [0.05, 0.1) is 12.3 Å². The van der Waals surface area contributed by atoms with Crippen LogP contribution in [0, 0.1) is 6.92 Å². The van der Waals surface area contributed by atoms with E-state index in [2.05, 4.69) is 4.98 Å². The maximum Gasteiger partial charge on any atom is 0.0884 e. The molecule has 0 saturated heterocycles. The molecule has 0 aromatic carbocycles.